The summed E-state index contributed by atoms with van der Waals surface area (Å²) in [5, 5.41) is 6.25. The number of nitrogens with zero attached hydrogens (tertiary/aromatic N) is 2. The van der Waals surface area contributed by atoms with Crippen molar-refractivity contribution in [2.24, 2.45) is 4.99 Å². The van der Waals surface area contributed by atoms with Gasteiger partial charge in [-0.05, 0) is 43.7 Å². The smallest absolute Gasteiger partial charge is 0.416 e. The molecule has 1 aromatic carbocycles. The maximum absolute atomic E-state index is 12.9. The number of oxazole rings is 1. The summed E-state index contributed by atoms with van der Waals surface area (Å²) in [4.78, 5) is 8.72. The first-order valence-corrected chi connectivity index (χ1v) is 9.45. The molecule has 0 spiro atoms. The highest BCUT2D eigenvalue weighted by Crippen LogP contribution is 2.29. The van der Waals surface area contributed by atoms with Gasteiger partial charge in [0.2, 0.25) is 5.89 Å². The zero-order chi connectivity index (χ0) is 21.6. The molecule has 0 saturated carbocycles. The summed E-state index contributed by atoms with van der Waals surface area (Å²) in [6, 6.07) is 8.81. The number of rotatable bonds is 7. The van der Waals surface area contributed by atoms with Gasteiger partial charge >= 0.3 is 6.18 Å². The van der Waals surface area contributed by atoms with Crippen molar-refractivity contribution in [2.45, 2.75) is 39.5 Å². The van der Waals surface area contributed by atoms with Crippen LogP contribution in [0.1, 0.15) is 34.2 Å². The van der Waals surface area contributed by atoms with Crippen molar-refractivity contribution < 1.29 is 22.0 Å². The number of aromatic nitrogens is 1. The molecule has 2 aromatic heterocycles. The summed E-state index contributed by atoms with van der Waals surface area (Å²) in [6.45, 7) is 4.60. The Morgan fingerprint density at radius 2 is 1.94 bits per heavy atom. The fourth-order valence-electron chi connectivity index (χ4n) is 2.72. The average molecular weight is 548 g/mol. The molecular weight excluding hydrogens is 524 g/mol. The Labute approximate surface area is 195 Å². The minimum atomic E-state index is -4.39. The quantitative estimate of drug-likeness (QED) is 0.247. The van der Waals surface area contributed by atoms with Crippen molar-refractivity contribution in [3.63, 3.8) is 0 Å². The van der Waals surface area contributed by atoms with Crippen LogP contribution in [-0.4, -0.2) is 17.5 Å². The lowest BCUT2D eigenvalue weighted by molar-refractivity contribution is -0.137. The molecule has 31 heavy (non-hydrogen) atoms. The van der Waals surface area contributed by atoms with E-state index in [1.807, 2.05) is 26.0 Å². The lowest BCUT2D eigenvalue weighted by Crippen LogP contribution is -2.38. The minimum Gasteiger partial charge on any atom is -0.469 e. The van der Waals surface area contributed by atoms with E-state index in [1.165, 1.54) is 6.07 Å². The monoisotopic (exact) mass is 548 g/mol. The molecule has 0 saturated heterocycles. The molecule has 168 valence electrons. The minimum absolute atomic E-state index is 0. The summed E-state index contributed by atoms with van der Waals surface area (Å²) in [6.07, 6.45) is -2.15. The summed E-state index contributed by atoms with van der Waals surface area (Å²) >= 11 is 0. The van der Waals surface area contributed by atoms with Gasteiger partial charge in [-0.15, -0.1) is 24.0 Å². The first-order chi connectivity index (χ1) is 14.3. The van der Waals surface area contributed by atoms with Gasteiger partial charge < -0.3 is 19.5 Å². The molecule has 2 heterocycles. The van der Waals surface area contributed by atoms with E-state index in [1.54, 1.807) is 12.3 Å². The van der Waals surface area contributed by atoms with Crippen LogP contribution in [0.3, 0.4) is 0 Å². The molecule has 0 fully saturated rings. The largest absolute Gasteiger partial charge is 0.469 e. The van der Waals surface area contributed by atoms with Crippen LogP contribution in [0.15, 0.2) is 56.5 Å². The van der Waals surface area contributed by atoms with Crippen molar-refractivity contribution in [1.82, 2.24) is 15.6 Å². The third-order valence-electron chi connectivity index (χ3n) is 4.40. The Morgan fingerprint density at radius 3 is 2.58 bits per heavy atom. The van der Waals surface area contributed by atoms with Gasteiger partial charge in [0.1, 0.15) is 11.5 Å². The van der Waals surface area contributed by atoms with Crippen molar-refractivity contribution in [1.29, 1.82) is 0 Å². The van der Waals surface area contributed by atoms with E-state index in [-0.39, 0.29) is 30.5 Å². The highest BCUT2D eigenvalue weighted by Gasteiger charge is 2.30. The molecule has 0 aliphatic heterocycles. The zero-order valence-electron chi connectivity index (χ0n) is 17.1. The van der Waals surface area contributed by atoms with Crippen LogP contribution >= 0.6 is 24.0 Å². The molecular formula is C21H24F3IN4O2. The molecule has 3 aromatic rings. The van der Waals surface area contributed by atoms with Crippen molar-refractivity contribution in [3.8, 4) is 0 Å². The molecule has 0 unspecified atom stereocenters. The Kier molecular flexibility index (Phi) is 8.96. The van der Waals surface area contributed by atoms with E-state index < -0.39 is 11.7 Å². The molecule has 6 nitrogen and oxygen atoms in total. The van der Waals surface area contributed by atoms with E-state index in [2.05, 4.69) is 20.6 Å². The number of hydrogen-bond acceptors (Lipinski definition) is 4. The van der Waals surface area contributed by atoms with E-state index >= 15 is 0 Å². The molecule has 10 heteroatoms. The third kappa shape index (κ3) is 7.60. The SMILES string of the molecule is Cc1nc(CNC(=NCc2cccc(C(F)(F)F)c2)NCCc2ccco2)oc1C.I. The van der Waals surface area contributed by atoms with Gasteiger partial charge in [0.15, 0.2) is 5.96 Å². The van der Waals surface area contributed by atoms with Gasteiger partial charge in [-0.2, -0.15) is 13.2 Å². The van der Waals surface area contributed by atoms with Crippen LogP contribution in [0.25, 0.3) is 0 Å². The second-order valence-electron chi connectivity index (χ2n) is 6.72. The number of alkyl halides is 3. The van der Waals surface area contributed by atoms with Gasteiger partial charge in [0.05, 0.1) is 30.6 Å². The van der Waals surface area contributed by atoms with Crippen LogP contribution < -0.4 is 10.6 Å². The van der Waals surface area contributed by atoms with E-state index in [9.17, 15) is 13.2 Å². The Morgan fingerprint density at radius 1 is 1.13 bits per heavy atom. The Balaban J connectivity index is 0.00000341. The maximum Gasteiger partial charge on any atom is 0.416 e. The highest BCUT2D eigenvalue weighted by atomic mass is 127. The molecule has 0 aliphatic rings. The maximum atomic E-state index is 12.9. The van der Waals surface area contributed by atoms with Crippen molar-refractivity contribution in [3.05, 3.63) is 76.9 Å². The van der Waals surface area contributed by atoms with Crippen LogP contribution in [0.4, 0.5) is 13.2 Å². The molecule has 0 amide bonds. The number of benzene rings is 1. The van der Waals surface area contributed by atoms with Crippen LogP contribution in [0, 0.1) is 13.8 Å². The molecule has 0 bridgehead atoms. The standard InChI is InChI=1S/C21H23F3N4O2.HI/c1-14-15(2)30-19(28-14)13-27-20(25-9-8-18-7-4-10-29-18)26-12-16-5-3-6-17(11-16)21(22,23)24;/h3-7,10-11H,8-9,12-13H2,1-2H3,(H2,25,26,27);1H. The molecule has 3 rings (SSSR count). The molecule has 2 N–H and O–H groups in total. The normalized spacial score (nSPS) is 11.8. The topological polar surface area (TPSA) is 75.6 Å². The predicted molar refractivity (Wildman–Crippen MR) is 121 cm³/mol. The fourth-order valence-corrected chi connectivity index (χ4v) is 2.72. The van der Waals surface area contributed by atoms with E-state index in [0.29, 0.717) is 36.9 Å². The highest BCUT2D eigenvalue weighted by molar-refractivity contribution is 14.0. The zero-order valence-corrected chi connectivity index (χ0v) is 19.5. The van der Waals surface area contributed by atoms with E-state index in [4.69, 9.17) is 8.83 Å². The van der Waals surface area contributed by atoms with Crippen LogP contribution in [-0.2, 0) is 25.7 Å². The number of aryl methyl sites for hydroxylation is 2. The van der Waals surface area contributed by atoms with Crippen molar-refractivity contribution in [2.75, 3.05) is 6.54 Å². The number of nitrogens with one attached hydrogen (secondary N) is 2. The van der Waals surface area contributed by atoms with Gasteiger partial charge in [-0.25, -0.2) is 9.98 Å². The van der Waals surface area contributed by atoms with Gasteiger partial charge in [-0.1, -0.05) is 12.1 Å². The summed E-state index contributed by atoms with van der Waals surface area (Å²) in [5.74, 6) is 2.50. The van der Waals surface area contributed by atoms with Crippen LogP contribution in [0.5, 0.6) is 0 Å². The van der Waals surface area contributed by atoms with Gasteiger partial charge in [0.25, 0.3) is 0 Å². The molecule has 0 atom stereocenters. The Hall–Kier alpha value is -2.50. The first-order valence-electron chi connectivity index (χ1n) is 9.45. The molecule has 0 radical (unpaired) electrons. The third-order valence-corrected chi connectivity index (χ3v) is 4.40. The van der Waals surface area contributed by atoms with Gasteiger partial charge in [0, 0.05) is 13.0 Å². The lowest BCUT2D eigenvalue weighted by Gasteiger charge is -2.12. The molecule has 0 aliphatic carbocycles. The fraction of sp³-hybridized carbons (Fsp3) is 0.333. The number of hydrogen-bond donors (Lipinski definition) is 2. The van der Waals surface area contributed by atoms with Crippen molar-refractivity contribution >= 4 is 29.9 Å². The summed E-state index contributed by atoms with van der Waals surface area (Å²) in [5.41, 5.74) is 0.570. The number of halogens is 4. The number of furan rings is 1. The lowest BCUT2D eigenvalue weighted by atomic mass is 10.1. The van der Waals surface area contributed by atoms with Gasteiger partial charge in [-0.3, -0.25) is 0 Å². The van der Waals surface area contributed by atoms with Crippen LogP contribution in [0.2, 0.25) is 0 Å². The second-order valence-corrected chi connectivity index (χ2v) is 6.72. The average Bonchev–Trinajstić information content (AvgIpc) is 3.33. The second kappa shape index (κ2) is 11.2. The predicted octanol–water partition coefficient (Wildman–Crippen LogP) is 5.00. The number of guanidine groups is 1. The first kappa shape index (κ1) is 24.8. The van der Waals surface area contributed by atoms with E-state index in [0.717, 1.165) is 29.3 Å². The number of aliphatic imine (C=N–C) groups is 1. The Bertz CT molecular complexity index is 965. The summed E-state index contributed by atoms with van der Waals surface area (Å²) < 4.78 is 49.6. The summed E-state index contributed by atoms with van der Waals surface area (Å²) in [7, 11) is 0.